The fourth-order valence-corrected chi connectivity index (χ4v) is 3.43. The van der Waals surface area contributed by atoms with E-state index in [9.17, 15) is 4.79 Å². The van der Waals surface area contributed by atoms with Gasteiger partial charge < -0.3 is 9.73 Å². The summed E-state index contributed by atoms with van der Waals surface area (Å²) in [5.74, 6) is 1.16. The van der Waals surface area contributed by atoms with Crippen molar-refractivity contribution in [3.05, 3.63) is 29.7 Å². The lowest BCUT2D eigenvalue weighted by Gasteiger charge is -2.32. The summed E-state index contributed by atoms with van der Waals surface area (Å²) in [5.41, 5.74) is 1.15. The first-order chi connectivity index (χ1) is 9.68. The first kappa shape index (κ1) is 13.4. The van der Waals surface area contributed by atoms with Crippen molar-refractivity contribution in [2.45, 2.75) is 26.2 Å². The number of rotatable bonds is 3. The predicted molar refractivity (Wildman–Crippen MR) is 78.1 cm³/mol. The molecule has 0 aromatic carbocycles. The van der Waals surface area contributed by atoms with Crippen LogP contribution >= 0.6 is 0 Å². The van der Waals surface area contributed by atoms with Gasteiger partial charge in [0, 0.05) is 19.6 Å². The molecule has 0 saturated carbocycles. The second-order valence-corrected chi connectivity index (χ2v) is 6.11. The van der Waals surface area contributed by atoms with Crippen molar-refractivity contribution >= 4 is 12.0 Å². The molecule has 0 bridgehead atoms. The normalized spacial score (nSPS) is 28.1. The van der Waals surface area contributed by atoms with E-state index in [1.165, 1.54) is 5.57 Å². The number of nitrogens with zero attached hydrogens (tertiary/aromatic N) is 1. The van der Waals surface area contributed by atoms with Gasteiger partial charge in [0.2, 0.25) is 5.91 Å². The van der Waals surface area contributed by atoms with E-state index in [2.05, 4.69) is 23.2 Å². The highest BCUT2D eigenvalue weighted by Gasteiger charge is 2.45. The Balaban J connectivity index is 1.61. The van der Waals surface area contributed by atoms with E-state index >= 15 is 0 Å². The van der Waals surface area contributed by atoms with Gasteiger partial charge in [-0.15, -0.1) is 0 Å². The van der Waals surface area contributed by atoms with Crippen LogP contribution in [0.3, 0.4) is 0 Å². The van der Waals surface area contributed by atoms with Gasteiger partial charge in [0.1, 0.15) is 5.76 Å². The van der Waals surface area contributed by atoms with Crippen LogP contribution in [0.2, 0.25) is 0 Å². The van der Waals surface area contributed by atoms with Gasteiger partial charge in [-0.1, -0.05) is 5.57 Å². The largest absolute Gasteiger partial charge is 0.465 e. The van der Waals surface area contributed by atoms with E-state index in [0.29, 0.717) is 0 Å². The third-order valence-corrected chi connectivity index (χ3v) is 4.44. The molecule has 3 rings (SSSR count). The van der Waals surface area contributed by atoms with Crippen molar-refractivity contribution in [3.63, 3.8) is 0 Å². The molecule has 1 atom stereocenters. The van der Waals surface area contributed by atoms with Crippen molar-refractivity contribution in [1.82, 2.24) is 10.2 Å². The number of likely N-dealkylation sites (tertiary alicyclic amines) is 1. The molecule has 108 valence electrons. The van der Waals surface area contributed by atoms with Crippen LogP contribution in [-0.4, -0.2) is 37.0 Å². The zero-order valence-electron chi connectivity index (χ0n) is 12.0. The maximum Gasteiger partial charge on any atom is 0.227 e. The number of hydrogen-bond donors (Lipinski definition) is 1. The number of amides is 1. The number of hydrogen-bond acceptors (Lipinski definition) is 3. The molecule has 20 heavy (non-hydrogen) atoms. The van der Waals surface area contributed by atoms with Crippen molar-refractivity contribution in [2.75, 3.05) is 26.2 Å². The highest BCUT2D eigenvalue weighted by Crippen LogP contribution is 2.37. The van der Waals surface area contributed by atoms with E-state index < -0.39 is 0 Å². The third-order valence-electron chi connectivity index (χ3n) is 4.44. The second-order valence-electron chi connectivity index (χ2n) is 6.11. The number of carbonyl (C=O) groups is 1. The van der Waals surface area contributed by atoms with Gasteiger partial charge in [0.15, 0.2) is 0 Å². The van der Waals surface area contributed by atoms with Crippen molar-refractivity contribution in [3.8, 4) is 0 Å². The Kier molecular flexibility index (Phi) is 3.66. The summed E-state index contributed by atoms with van der Waals surface area (Å²) in [6.45, 7) is 5.78. The van der Waals surface area contributed by atoms with Gasteiger partial charge >= 0.3 is 0 Å². The van der Waals surface area contributed by atoms with Crippen LogP contribution in [0.5, 0.6) is 0 Å². The van der Waals surface area contributed by atoms with E-state index in [0.717, 1.165) is 51.2 Å². The van der Waals surface area contributed by atoms with Crippen LogP contribution in [0, 0.1) is 5.41 Å². The first-order valence-electron chi connectivity index (χ1n) is 7.39. The lowest BCUT2D eigenvalue weighted by atomic mass is 9.79. The summed E-state index contributed by atoms with van der Waals surface area (Å²) in [4.78, 5) is 14.5. The molecule has 3 heterocycles. The summed E-state index contributed by atoms with van der Waals surface area (Å²) < 4.78 is 5.34. The van der Waals surface area contributed by atoms with Gasteiger partial charge in [0.05, 0.1) is 11.7 Å². The summed E-state index contributed by atoms with van der Waals surface area (Å²) >= 11 is 0. The molecule has 2 aliphatic heterocycles. The average Bonchev–Trinajstić information content (AvgIpc) is 3.04. The first-order valence-corrected chi connectivity index (χ1v) is 7.39. The van der Waals surface area contributed by atoms with Crippen molar-refractivity contribution < 1.29 is 9.21 Å². The topological polar surface area (TPSA) is 45.5 Å². The SMILES string of the molecule is C/C(=C\c1ccco1)CN1CC[C@@]2(CCCNC2=O)C1. The molecule has 1 aromatic rings. The number of carbonyl (C=O) groups excluding carboxylic acids is 1. The number of furan rings is 1. The maximum absolute atomic E-state index is 12.1. The van der Waals surface area contributed by atoms with Gasteiger partial charge in [-0.25, -0.2) is 0 Å². The Morgan fingerprint density at radius 3 is 3.20 bits per heavy atom. The lowest BCUT2D eigenvalue weighted by molar-refractivity contribution is -0.132. The molecule has 1 aromatic heterocycles. The second kappa shape index (κ2) is 5.44. The van der Waals surface area contributed by atoms with Gasteiger partial charge in [-0.2, -0.15) is 0 Å². The predicted octanol–water partition coefficient (Wildman–Crippen LogP) is 2.29. The zero-order chi connectivity index (χ0) is 14.0. The Morgan fingerprint density at radius 2 is 2.45 bits per heavy atom. The molecule has 0 radical (unpaired) electrons. The minimum Gasteiger partial charge on any atom is -0.465 e. The molecule has 1 N–H and O–H groups in total. The Labute approximate surface area is 119 Å². The average molecular weight is 274 g/mol. The van der Waals surface area contributed by atoms with Gasteiger partial charge in [-0.3, -0.25) is 9.69 Å². The fourth-order valence-electron chi connectivity index (χ4n) is 3.43. The molecule has 1 spiro atoms. The maximum atomic E-state index is 12.1. The summed E-state index contributed by atoms with van der Waals surface area (Å²) in [7, 11) is 0. The summed E-state index contributed by atoms with van der Waals surface area (Å²) in [5, 5.41) is 3.03. The third kappa shape index (κ3) is 2.66. The summed E-state index contributed by atoms with van der Waals surface area (Å²) in [6, 6.07) is 3.86. The Bertz CT molecular complexity index is 507. The molecule has 2 saturated heterocycles. The van der Waals surface area contributed by atoms with Crippen LogP contribution in [0.25, 0.3) is 6.08 Å². The lowest BCUT2D eigenvalue weighted by Crippen LogP contribution is -2.47. The minimum atomic E-state index is -0.122. The molecule has 4 nitrogen and oxygen atoms in total. The molecule has 4 heteroatoms. The van der Waals surface area contributed by atoms with Crippen LogP contribution in [0.1, 0.15) is 31.9 Å². The molecule has 2 aliphatic rings. The van der Waals surface area contributed by atoms with E-state index in [1.807, 2.05) is 12.1 Å². The van der Waals surface area contributed by atoms with E-state index in [4.69, 9.17) is 4.42 Å². The molecule has 2 fully saturated rings. The number of piperidine rings is 1. The van der Waals surface area contributed by atoms with E-state index in [1.54, 1.807) is 6.26 Å². The van der Waals surface area contributed by atoms with Crippen molar-refractivity contribution in [1.29, 1.82) is 0 Å². The van der Waals surface area contributed by atoms with Gasteiger partial charge in [0.25, 0.3) is 0 Å². The smallest absolute Gasteiger partial charge is 0.227 e. The molecule has 0 aliphatic carbocycles. The van der Waals surface area contributed by atoms with Crippen LogP contribution < -0.4 is 5.32 Å². The summed E-state index contributed by atoms with van der Waals surface area (Å²) in [6.07, 6.45) is 6.91. The number of nitrogens with one attached hydrogen (secondary N) is 1. The Morgan fingerprint density at radius 1 is 1.55 bits per heavy atom. The highest BCUT2D eigenvalue weighted by molar-refractivity contribution is 5.84. The molecule has 1 amide bonds. The van der Waals surface area contributed by atoms with Crippen LogP contribution in [0.15, 0.2) is 28.4 Å². The van der Waals surface area contributed by atoms with Crippen molar-refractivity contribution in [2.24, 2.45) is 5.41 Å². The van der Waals surface area contributed by atoms with Crippen LogP contribution in [-0.2, 0) is 4.79 Å². The van der Waals surface area contributed by atoms with Crippen LogP contribution in [0.4, 0.5) is 0 Å². The Hall–Kier alpha value is -1.55. The molecule has 0 unspecified atom stereocenters. The highest BCUT2D eigenvalue weighted by atomic mass is 16.3. The molecular weight excluding hydrogens is 252 g/mol. The quantitative estimate of drug-likeness (QED) is 0.920. The zero-order valence-corrected chi connectivity index (χ0v) is 12.0. The fraction of sp³-hybridized carbons (Fsp3) is 0.562. The van der Waals surface area contributed by atoms with E-state index in [-0.39, 0.29) is 11.3 Å². The molecular formula is C16H22N2O2. The monoisotopic (exact) mass is 274 g/mol. The minimum absolute atomic E-state index is 0.122. The standard InChI is InChI=1S/C16H22N2O2/c1-13(10-14-4-2-9-20-14)11-18-8-6-16(12-18)5-3-7-17-15(16)19/h2,4,9-10H,3,5-8,11-12H2,1H3,(H,17,19)/b13-10+/t16-/m0/s1. The van der Waals surface area contributed by atoms with Gasteiger partial charge in [-0.05, 0) is 50.9 Å².